The van der Waals surface area contributed by atoms with Gasteiger partial charge >= 0.3 is 11.9 Å². The van der Waals surface area contributed by atoms with Crippen molar-refractivity contribution in [2.75, 3.05) is 0 Å². The summed E-state index contributed by atoms with van der Waals surface area (Å²) in [7, 11) is 0. The van der Waals surface area contributed by atoms with Gasteiger partial charge in [-0.2, -0.15) is 0 Å². The molecule has 658 valence electrons. The SMILES string of the molecule is Fc1c[c-]c(-c2cc(COc3ccc(OCc4cc(-n5c6ccccc6c6ccccc65)cc(-n5c6ccccc6c6ccccc65)c4)cc3)ccn2)c(F)c1.O=C(O)c1ccccn1.O=C(O)c1ccccn1.[C-]#[N+]c1c(F)c[c-]c(-c2cc(COc3ccc(OCc4cc(-n5c6ccccc6c6ccccc65)cc(-n5c6ccccc6c6ccccc65)c4)cc3)ccn2)c1F.[Ir].[Ir]. The fraction of sp³-hybridized carbons (Fsp3) is 0.0360. The summed E-state index contributed by atoms with van der Waals surface area (Å²) >= 11 is 0. The molecule has 0 spiro atoms. The van der Waals surface area contributed by atoms with Crippen molar-refractivity contribution in [3.63, 3.8) is 0 Å². The molecule has 0 amide bonds. The number of para-hydroxylation sites is 8. The Balaban J connectivity index is 0.000000155. The predicted octanol–water partition coefficient (Wildman–Crippen LogP) is 26.5. The quantitative estimate of drug-likeness (QED) is 0.0544. The first-order valence-electron chi connectivity index (χ1n) is 42.0. The number of aromatic carboxylic acids is 2. The summed E-state index contributed by atoms with van der Waals surface area (Å²) < 4.78 is 90.8. The zero-order valence-corrected chi connectivity index (χ0v) is 75.5. The molecule has 0 saturated heterocycles. The minimum atomic E-state index is -0.990. The van der Waals surface area contributed by atoms with E-state index >= 15 is 0 Å². The first-order chi connectivity index (χ1) is 64.7. The van der Waals surface area contributed by atoms with Gasteiger partial charge in [-0.05, 0) is 203 Å². The van der Waals surface area contributed by atoms with Crippen LogP contribution in [0.25, 0.3) is 137 Å². The standard InChI is InChI=1S/C50H31F2N4O2.C49H32F2N3O2.2C6H5NO2.2Ir/c1-53-50-43(51)23-22-42(49(50)52)44-28-32(24-25-54-44)30-57-36-18-20-37(21-19-36)58-31-33-26-34(55-45-14-6-2-10-38(45)39-11-3-7-15-46(39)55)29-35(27-33)56-47-16-8-4-12-40(47)41-13-5-9-17-48(41)56;50-34-17-22-43(44(51)28-34)45-27-32(23-24-52-45)30-55-37-18-20-38(21-19-37)56-31-33-25-35(53-46-13-5-1-9-39(46)40-10-2-6-14-47(40)53)29-36(26-33)54-48-15-7-3-11-41(48)42-12-4-8-16-49(42)54;2*8-6(9)5-3-1-2-4-7-5;;/h2-21,23-29H,30-31H2;1-21,23-29H,30-31H2;2*1-4H,(H,8,9);;/q2*-1;;;;. The molecule has 8 aromatic heterocycles. The number of pyridine rings is 4. The summed E-state index contributed by atoms with van der Waals surface area (Å²) in [4.78, 5) is 38.9. The van der Waals surface area contributed by atoms with E-state index in [4.69, 9.17) is 35.7 Å². The van der Waals surface area contributed by atoms with Crippen LogP contribution in [0.1, 0.15) is 43.2 Å². The fourth-order valence-electron chi connectivity index (χ4n) is 16.5. The number of hydrogen-bond donors (Lipinski definition) is 2. The van der Waals surface area contributed by atoms with Crippen molar-refractivity contribution in [3.8, 4) is 68.3 Å². The molecule has 2 N–H and O–H groups in total. The Bertz CT molecular complexity index is 7630. The first-order valence-corrected chi connectivity index (χ1v) is 42.0. The van der Waals surface area contributed by atoms with E-state index in [0.29, 0.717) is 47.5 Å². The number of rotatable bonds is 20. The van der Waals surface area contributed by atoms with Gasteiger partial charge in [0, 0.05) is 154 Å². The molecule has 0 aliphatic carbocycles. The molecule has 22 rings (SSSR count). The molecule has 0 atom stereocenters. The number of nitrogens with zero attached hydrogens (tertiary/aromatic N) is 9. The number of fused-ring (bicyclic) bond motifs is 12. The van der Waals surface area contributed by atoms with Gasteiger partial charge in [-0.25, -0.2) is 19.6 Å². The molecule has 14 aromatic carbocycles. The largest absolute Gasteiger partial charge is 0.489 e. The molecule has 134 heavy (non-hydrogen) atoms. The van der Waals surface area contributed by atoms with E-state index in [-0.39, 0.29) is 81.6 Å². The normalized spacial score (nSPS) is 10.9. The number of carbonyl (C=O) groups is 2. The second kappa shape index (κ2) is 40.3. The van der Waals surface area contributed by atoms with Crippen LogP contribution in [0.5, 0.6) is 23.0 Å². The Morgan fingerprint density at radius 2 is 0.597 bits per heavy atom. The average molecular weight is 2120 g/mol. The molecule has 22 aromatic rings. The summed E-state index contributed by atoms with van der Waals surface area (Å²) in [6.45, 7) is 8.19. The van der Waals surface area contributed by atoms with Gasteiger partial charge in [0.05, 0.1) is 50.7 Å². The fourth-order valence-corrected chi connectivity index (χ4v) is 16.5. The number of halogens is 4. The van der Waals surface area contributed by atoms with Crippen LogP contribution in [-0.2, 0) is 66.6 Å². The minimum Gasteiger partial charge on any atom is -0.489 e. The summed E-state index contributed by atoms with van der Waals surface area (Å²) in [5, 5.41) is 26.2. The number of benzene rings is 14. The molecule has 0 bridgehead atoms. The molecule has 0 aliphatic heterocycles. The van der Waals surface area contributed by atoms with Gasteiger partial charge in [0.1, 0.15) is 60.8 Å². The van der Waals surface area contributed by atoms with Crippen LogP contribution < -0.4 is 18.9 Å². The van der Waals surface area contributed by atoms with E-state index in [1.54, 1.807) is 54.7 Å². The third kappa shape index (κ3) is 18.9. The zero-order valence-electron chi connectivity index (χ0n) is 70.7. The van der Waals surface area contributed by atoms with Crippen LogP contribution in [0.4, 0.5) is 23.2 Å². The molecule has 0 fully saturated rings. The van der Waals surface area contributed by atoms with Gasteiger partial charge in [-0.3, -0.25) is 22.4 Å². The van der Waals surface area contributed by atoms with Gasteiger partial charge in [0.25, 0.3) is 0 Å². The van der Waals surface area contributed by atoms with Gasteiger partial charge in [-0.15, -0.1) is 29.8 Å². The van der Waals surface area contributed by atoms with Crippen LogP contribution in [0.2, 0.25) is 0 Å². The monoisotopic (exact) mass is 2120 g/mol. The van der Waals surface area contributed by atoms with Crippen molar-refractivity contribution >= 4 is 105 Å². The molecule has 0 saturated carbocycles. The van der Waals surface area contributed by atoms with Gasteiger partial charge in [-0.1, -0.05) is 181 Å². The number of aromatic nitrogens is 8. The van der Waals surface area contributed by atoms with E-state index in [2.05, 4.69) is 286 Å². The second-order valence-corrected chi connectivity index (χ2v) is 30.8. The maximum Gasteiger partial charge on any atom is 0.354 e. The van der Waals surface area contributed by atoms with Crippen molar-refractivity contribution in [1.29, 1.82) is 0 Å². The number of hydrogen-bond acceptors (Lipinski definition) is 10. The molecule has 2 radical (unpaired) electrons. The Kier molecular flexibility index (Phi) is 26.9. The first kappa shape index (κ1) is 89.5. The Hall–Kier alpha value is -16.5. The maximum absolute atomic E-state index is 14.8. The number of ether oxygens (including phenoxy) is 4. The second-order valence-electron chi connectivity index (χ2n) is 30.8. The Labute approximate surface area is 791 Å². The molecular formula is C111H73F4Ir2N9O8-2. The Morgan fingerprint density at radius 3 is 0.873 bits per heavy atom. The van der Waals surface area contributed by atoms with E-state index in [1.807, 2.05) is 48.5 Å². The molecule has 17 nitrogen and oxygen atoms in total. The maximum atomic E-state index is 14.8. The van der Waals surface area contributed by atoms with E-state index in [0.717, 1.165) is 102 Å². The number of carboxylic acids is 2. The summed E-state index contributed by atoms with van der Waals surface area (Å²) in [5.74, 6) is -2.68. The summed E-state index contributed by atoms with van der Waals surface area (Å²) in [5.41, 5.74) is 16.9. The molecule has 23 heteroatoms. The minimum absolute atomic E-state index is 0. The van der Waals surface area contributed by atoms with Crippen molar-refractivity contribution < 1.29 is 96.5 Å². The van der Waals surface area contributed by atoms with E-state index in [9.17, 15) is 27.2 Å². The van der Waals surface area contributed by atoms with Crippen molar-refractivity contribution in [1.82, 2.24) is 38.2 Å². The molecule has 0 aliphatic rings. The summed E-state index contributed by atoms with van der Waals surface area (Å²) in [6, 6.07) is 121. The molecular weight excluding hydrogens is 2050 g/mol. The van der Waals surface area contributed by atoms with Crippen LogP contribution in [-0.4, -0.2) is 60.4 Å². The third-order valence-electron chi connectivity index (χ3n) is 22.4. The van der Waals surface area contributed by atoms with E-state index in [1.165, 1.54) is 73.8 Å². The van der Waals surface area contributed by atoms with Crippen LogP contribution >= 0.6 is 0 Å². The van der Waals surface area contributed by atoms with Crippen molar-refractivity contribution in [3.05, 3.63) is 463 Å². The smallest absolute Gasteiger partial charge is 0.354 e. The van der Waals surface area contributed by atoms with Gasteiger partial charge < -0.3 is 57.4 Å². The average Bonchev–Trinajstić information content (AvgIpc) is 1.61. The number of carboxylic acid groups (broad SMARTS) is 2. The third-order valence-corrected chi connectivity index (χ3v) is 22.4. The zero-order chi connectivity index (χ0) is 90.1. The van der Waals surface area contributed by atoms with Gasteiger partial charge in [0.15, 0.2) is 5.69 Å². The van der Waals surface area contributed by atoms with Crippen LogP contribution in [0.3, 0.4) is 0 Å². The van der Waals surface area contributed by atoms with Gasteiger partial charge in [0.2, 0.25) is 0 Å². The Morgan fingerprint density at radius 1 is 0.313 bits per heavy atom. The topological polar surface area (TPSA) is 187 Å². The van der Waals surface area contributed by atoms with Crippen molar-refractivity contribution in [2.24, 2.45) is 0 Å². The van der Waals surface area contributed by atoms with Crippen LogP contribution in [0, 0.1) is 42.0 Å². The predicted molar refractivity (Wildman–Crippen MR) is 506 cm³/mol. The summed E-state index contributed by atoms with van der Waals surface area (Å²) in [6.07, 6.45) is 5.99. The van der Waals surface area contributed by atoms with Crippen LogP contribution in [0.15, 0.2) is 383 Å². The van der Waals surface area contributed by atoms with Crippen molar-refractivity contribution in [2.45, 2.75) is 26.4 Å². The van der Waals surface area contributed by atoms with E-state index < -0.39 is 40.9 Å². The molecule has 0 unspecified atom stereocenters. The molecule has 8 heterocycles.